The van der Waals surface area contributed by atoms with Crippen molar-refractivity contribution in [2.24, 2.45) is 0 Å². The van der Waals surface area contributed by atoms with Gasteiger partial charge >= 0.3 is 6.03 Å². The number of amides is 4. The van der Waals surface area contributed by atoms with Crippen LogP contribution >= 0.6 is 0 Å². The van der Waals surface area contributed by atoms with E-state index in [0.29, 0.717) is 52.7 Å². The minimum atomic E-state index is -1.15. The number of hydrogen-bond donors (Lipinski definition) is 4. The molecule has 0 atom stereocenters. The summed E-state index contributed by atoms with van der Waals surface area (Å²) in [7, 11) is 1.53. The Morgan fingerprint density at radius 3 is 2.18 bits per heavy atom. The van der Waals surface area contributed by atoms with Crippen LogP contribution < -0.4 is 30.7 Å². The van der Waals surface area contributed by atoms with Gasteiger partial charge in [0.2, 0.25) is 5.91 Å². The highest BCUT2D eigenvalue weighted by Crippen LogP contribution is 2.35. The lowest BCUT2D eigenvalue weighted by atomic mass is 9.92. The lowest BCUT2D eigenvalue weighted by Crippen LogP contribution is -2.33. The summed E-state index contributed by atoms with van der Waals surface area (Å²) in [4.78, 5) is 38.9. The zero-order valence-electron chi connectivity index (χ0n) is 33.9. The van der Waals surface area contributed by atoms with Gasteiger partial charge in [0.25, 0.3) is 5.91 Å². The Kier molecular flexibility index (Phi) is 13.7. The van der Waals surface area contributed by atoms with Gasteiger partial charge in [-0.2, -0.15) is 5.10 Å². The number of halogens is 2. The predicted molar refractivity (Wildman–Crippen MR) is 226 cm³/mol. The number of methoxy groups -OCH3 is 1. The normalized spacial score (nSPS) is 11.2. The first-order valence-electron chi connectivity index (χ1n) is 19.1. The maximum atomic E-state index is 14.7. The molecular weight excluding hydrogens is 775 g/mol. The fraction of sp³-hybridized carbons (Fsp3) is 0.244. The van der Waals surface area contributed by atoms with Crippen LogP contribution in [-0.4, -0.2) is 67.7 Å². The third-order valence-corrected chi connectivity index (χ3v) is 9.06. The molecule has 60 heavy (non-hydrogen) atoms. The Bertz CT molecular complexity index is 2460. The number of carbonyl (C=O) groups is 3. The number of nitrogens with zero attached hydrogens (tertiary/aromatic N) is 2. The van der Waals surface area contributed by atoms with Crippen molar-refractivity contribution in [3.8, 4) is 22.9 Å². The van der Waals surface area contributed by atoms with Crippen LogP contribution in [0.1, 0.15) is 42.4 Å². The van der Waals surface area contributed by atoms with E-state index in [1.165, 1.54) is 7.11 Å². The van der Waals surface area contributed by atoms with Gasteiger partial charge in [-0.3, -0.25) is 14.9 Å². The molecule has 0 unspecified atom stereocenters. The Balaban J connectivity index is 1.07. The van der Waals surface area contributed by atoms with Crippen molar-refractivity contribution < 1.29 is 42.1 Å². The first-order valence-corrected chi connectivity index (χ1v) is 19.1. The molecule has 5 aromatic carbocycles. The first kappa shape index (κ1) is 42.8. The number of carbonyl (C=O) groups excluding carboxylic acids is 3. The van der Waals surface area contributed by atoms with E-state index < -0.39 is 41.6 Å². The highest BCUT2D eigenvalue weighted by Gasteiger charge is 2.23. The van der Waals surface area contributed by atoms with Crippen molar-refractivity contribution >= 4 is 45.8 Å². The number of anilines is 3. The predicted octanol–water partition coefficient (Wildman–Crippen LogP) is 8.76. The lowest BCUT2D eigenvalue weighted by molar-refractivity contribution is -0.115. The smallest absolute Gasteiger partial charge is 0.324 e. The van der Waals surface area contributed by atoms with Gasteiger partial charge in [-0.25, -0.2) is 18.3 Å². The van der Waals surface area contributed by atoms with Crippen LogP contribution in [0.3, 0.4) is 0 Å². The minimum absolute atomic E-state index is 0.0323. The number of fused-ring (bicyclic) bond motifs is 1. The van der Waals surface area contributed by atoms with Crippen LogP contribution in [0.5, 0.6) is 17.2 Å². The summed E-state index contributed by atoms with van der Waals surface area (Å²) in [5.74, 6) is -2.80. The Morgan fingerprint density at radius 2 is 1.47 bits per heavy atom. The molecule has 0 aliphatic heterocycles. The average molecular weight is 821 g/mol. The van der Waals surface area contributed by atoms with E-state index >= 15 is 0 Å². The fourth-order valence-corrected chi connectivity index (χ4v) is 5.99. The molecule has 0 saturated heterocycles. The number of hydrogen-bond acceptors (Lipinski definition) is 8. The molecule has 312 valence electrons. The third kappa shape index (κ3) is 11.0. The largest absolute Gasteiger partial charge is 0.491 e. The standard InChI is InChI=1S/C45H46F2N6O7/c1-28-13-15-30(16-14-28)53-40(26-39(52-53)45(2,3)4)51-44(56)50-37-17-18-38(34-12-7-6-11-33(34)37)60-31-10-8-9-29(23-31)49-41(54)27-48-43(55)42-35(46)24-32(25-36(42)47)59-22-21-58-20-19-57-5/h6-18,23-26H,19-22,27H2,1-5H3,(H,48,55)(H,49,54)(H2,50,51,56). The van der Waals surface area contributed by atoms with Crippen molar-refractivity contribution in [1.29, 1.82) is 0 Å². The summed E-state index contributed by atoms with van der Waals surface area (Å²) in [6.45, 7) is 8.55. The Labute approximate surface area is 346 Å². The van der Waals surface area contributed by atoms with Gasteiger partial charge in [-0.1, -0.05) is 68.8 Å². The van der Waals surface area contributed by atoms with Crippen molar-refractivity contribution in [1.82, 2.24) is 15.1 Å². The molecule has 0 aliphatic carbocycles. The van der Waals surface area contributed by atoms with Crippen LogP contribution in [-0.2, 0) is 19.7 Å². The number of aromatic nitrogens is 2. The number of benzene rings is 5. The molecule has 13 nitrogen and oxygen atoms in total. The molecule has 0 spiro atoms. The Morgan fingerprint density at radius 1 is 0.750 bits per heavy atom. The zero-order valence-corrected chi connectivity index (χ0v) is 33.9. The van der Waals surface area contributed by atoms with Crippen LogP contribution in [0.15, 0.2) is 103 Å². The number of ether oxygens (including phenoxy) is 4. The summed E-state index contributed by atoms with van der Waals surface area (Å²) < 4.78 is 52.9. The van der Waals surface area contributed by atoms with Crippen LogP contribution in [0.4, 0.5) is 30.8 Å². The van der Waals surface area contributed by atoms with Gasteiger partial charge in [0.05, 0.1) is 43.4 Å². The van der Waals surface area contributed by atoms with Gasteiger partial charge in [0, 0.05) is 53.3 Å². The quantitative estimate of drug-likeness (QED) is 0.0708. The SMILES string of the molecule is COCCOCCOc1cc(F)c(C(=O)NCC(=O)Nc2cccc(Oc3ccc(NC(=O)Nc4cc(C(C)(C)C)nn4-c4ccc(C)cc4)c4ccccc34)c2)c(F)c1. The zero-order chi connectivity index (χ0) is 42.8. The molecule has 0 fully saturated rings. The van der Waals surface area contributed by atoms with E-state index in [4.69, 9.17) is 24.0 Å². The van der Waals surface area contributed by atoms with Crippen molar-refractivity contribution in [3.05, 3.63) is 132 Å². The number of rotatable bonds is 16. The fourth-order valence-electron chi connectivity index (χ4n) is 5.99. The van der Waals surface area contributed by atoms with E-state index in [1.54, 1.807) is 41.1 Å². The number of aryl methyl sites for hydroxylation is 1. The molecule has 0 bridgehead atoms. The molecule has 6 aromatic rings. The molecule has 4 N–H and O–H groups in total. The summed E-state index contributed by atoms with van der Waals surface area (Å²) >= 11 is 0. The summed E-state index contributed by atoms with van der Waals surface area (Å²) in [6, 6.07) is 28.5. The number of nitrogens with one attached hydrogen (secondary N) is 4. The second-order valence-electron chi connectivity index (χ2n) is 14.7. The molecule has 0 aliphatic rings. The third-order valence-electron chi connectivity index (χ3n) is 9.06. The minimum Gasteiger partial charge on any atom is -0.491 e. The molecule has 6 rings (SSSR count). The van der Waals surface area contributed by atoms with Gasteiger partial charge in [0.15, 0.2) is 0 Å². The van der Waals surface area contributed by atoms with Crippen molar-refractivity contribution in [2.75, 3.05) is 56.0 Å². The number of urea groups is 1. The van der Waals surface area contributed by atoms with Crippen molar-refractivity contribution in [3.63, 3.8) is 0 Å². The molecule has 0 saturated carbocycles. The van der Waals surface area contributed by atoms with Crippen LogP contribution in [0.2, 0.25) is 0 Å². The summed E-state index contributed by atoms with van der Waals surface area (Å²) in [6.07, 6.45) is 0. The van der Waals surface area contributed by atoms with E-state index in [0.717, 1.165) is 29.1 Å². The van der Waals surface area contributed by atoms with Crippen molar-refractivity contribution in [2.45, 2.75) is 33.1 Å². The van der Waals surface area contributed by atoms with Crippen LogP contribution in [0, 0.1) is 18.6 Å². The van der Waals surface area contributed by atoms with Gasteiger partial charge in [-0.05, 0) is 43.3 Å². The second-order valence-corrected chi connectivity index (χ2v) is 14.7. The topological polar surface area (TPSA) is 154 Å². The monoisotopic (exact) mass is 820 g/mol. The maximum Gasteiger partial charge on any atom is 0.324 e. The maximum absolute atomic E-state index is 14.7. The van der Waals surface area contributed by atoms with E-state index in [9.17, 15) is 23.2 Å². The van der Waals surface area contributed by atoms with Gasteiger partial charge in [-0.15, -0.1) is 0 Å². The van der Waals surface area contributed by atoms with E-state index in [1.807, 2.05) is 61.5 Å². The molecule has 1 heterocycles. The Hall–Kier alpha value is -6.84. The highest BCUT2D eigenvalue weighted by molar-refractivity contribution is 6.07. The second kappa shape index (κ2) is 19.3. The lowest BCUT2D eigenvalue weighted by Gasteiger charge is -2.15. The first-order chi connectivity index (χ1) is 28.8. The van der Waals surface area contributed by atoms with Gasteiger partial charge < -0.3 is 34.9 Å². The van der Waals surface area contributed by atoms with E-state index in [2.05, 4.69) is 42.0 Å². The average Bonchev–Trinajstić information content (AvgIpc) is 3.64. The van der Waals surface area contributed by atoms with Crippen LogP contribution in [0.25, 0.3) is 16.5 Å². The molecular formula is C45H46F2N6O7. The molecule has 0 radical (unpaired) electrons. The molecule has 15 heteroatoms. The highest BCUT2D eigenvalue weighted by atomic mass is 19.1. The summed E-state index contributed by atoms with van der Waals surface area (Å²) in [5, 5.41) is 17.0. The molecule has 1 aromatic heterocycles. The van der Waals surface area contributed by atoms with E-state index in [-0.39, 0.29) is 24.4 Å². The molecule has 4 amide bonds. The summed E-state index contributed by atoms with van der Waals surface area (Å²) in [5.41, 5.74) is 2.51. The van der Waals surface area contributed by atoms with Gasteiger partial charge in [0.1, 0.15) is 46.9 Å².